The predicted molar refractivity (Wildman–Crippen MR) is 133 cm³/mol. The first-order chi connectivity index (χ1) is 16.9. The minimum Gasteiger partial charge on any atom is -0.491 e. The van der Waals surface area contributed by atoms with E-state index in [0.717, 1.165) is 18.8 Å². The smallest absolute Gasteiger partial charge is 0.201 e. The Kier molecular flexibility index (Phi) is 7.94. The zero-order valence-electron chi connectivity index (χ0n) is 20.1. The second-order valence-electron chi connectivity index (χ2n) is 9.13. The first-order valence-corrected chi connectivity index (χ1v) is 12.3. The Hall–Kier alpha value is -3.08. The molecule has 5 heteroatoms. The van der Waals surface area contributed by atoms with Crippen molar-refractivity contribution in [3.8, 4) is 28.0 Å². The average molecular weight is 483 g/mol. The van der Waals surface area contributed by atoms with Gasteiger partial charge in [0.2, 0.25) is 5.82 Å². The fourth-order valence-electron chi connectivity index (χ4n) is 4.80. The van der Waals surface area contributed by atoms with Crippen molar-refractivity contribution in [2.45, 2.75) is 46.0 Å². The molecule has 1 fully saturated rings. The molecule has 0 aliphatic heterocycles. The summed E-state index contributed by atoms with van der Waals surface area (Å²) in [4.78, 5) is 0. The highest BCUT2D eigenvalue weighted by molar-refractivity contribution is 5.72. The summed E-state index contributed by atoms with van der Waals surface area (Å²) in [5.74, 6) is -2.84. The largest absolute Gasteiger partial charge is 0.491 e. The van der Waals surface area contributed by atoms with Gasteiger partial charge in [-0.2, -0.15) is 4.39 Å². The number of halogens is 4. The summed E-state index contributed by atoms with van der Waals surface area (Å²) < 4.78 is 63.6. The number of hydrogen-bond acceptors (Lipinski definition) is 1. The van der Waals surface area contributed by atoms with E-state index in [1.54, 1.807) is 49.4 Å². The highest BCUT2D eigenvalue weighted by Crippen LogP contribution is 2.34. The molecule has 1 aliphatic rings. The van der Waals surface area contributed by atoms with E-state index in [4.69, 9.17) is 4.74 Å². The lowest BCUT2D eigenvalue weighted by atomic mass is 9.80. The van der Waals surface area contributed by atoms with Crippen molar-refractivity contribution in [3.63, 3.8) is 0 Å². The van der Waals surface area contributed by atoms with Gasteiger partial charge < -0.3 is 4.74 Å². The van der Waals surface area contributed by atoms with Crippen molar-refractivity contribution in [1.82, 2.24) is 0 Å². The fraction of sp³-hybridized carbons (Fsp3) is 0.333. The fourth-order valence-corrected chi connectivity index (χ4v) is 4.80. The van der Waals surface area contributed by atoms with Gasteiger partial charge >= 0.3 is 0 Å². The Morgan fingerprint density at radius 1 is 0.714 bits per heavy atom. The SMILES string of the molecule is CCOc1ccc(-c2ccc(-c3ccc(/C=C/C4CCC(CC)CC4)c(F)c3F)cc2)c(F)c1F. The third-order valence-electron chi connectivity index (χ3n) is 6.98. The summed E-state index contributed by atoms with van der Waals surface area (Å²) >= 11 is 0. The lowest BCUT2D eigenvalue weighted by molar-refractivity contribution is 0.304. The summed E-state index contributed by atoms with van der Waals surface area (Å²) in [5.41, 5.74) is 1.29. The van der Waals surface area contributed by atoms with Crippen LogP contribution in [0.1, 0.15) is 51.5 Å². The molecule has 0 atom stereocenters. The van der Waals surface area contributed by atoms with E-state index in [2.05, 4.69) is 6.92 Å². The Morgan fingerprint density at radius 3 is 1.86 bits per heavy atom. The van der Waals surface area contributed by atoms with E-state index in [1.807, 2.05) is 6.08 Å². The highest BCUT2D eigenvalue weighted by atomic mass is 19.2. The monoisotopic (exact) mass is 482 g/mol. The van der Waals surface area contributed by atoms with Gasteiger partial charge in [0.25, 0.3) is 0 Å². The van der Waals surface area contributed by atoms with E-state index in [1.165, 1.54) is 31.4 Å². The van der Waals surface area contributed by atoms with Crippen LogP contribution in [0.5, 0.6) is 5.75 Å². The summed E-state index contributed by atoms with van der Waals surface area (Å²) in [6.07, 6.45) is 9.43. The molecule has 0 N–H and O–H groups in total. The number of allylic oxidation sites excluding steroid dienone is 1. The molecule has 0 bridgehead atoms. The van der Waals surface area contributed by atoms with Crippen LogP contribution in [-0.4, -0.2) is 6.61 Å². The van der Waals surface area contributed by atoms with Gasteiger partial charge in [-0.05, 0) is 67.7 Å². The molecule has 0 radical (unpaired) electrons. The molecule has 184 valence electrons. The van der Waals surface area contributed by atoms with Crippen LogP contribution in [0.3, 0.4) is 0 Å². The second kappa shape index (κ2) is 11.1. The van der Waals surface area contributed by atoms with Gasteiger partial charge in [-0.3, -0.25) is 0 Å². The molecule has 0 amide bonds. The van der Waals surface area contributed by atoms with Gasteiger partial charge in [0.15, 0.2) is 23.2 Å². The molecule has 3 aromatic rings. The molecule has 4 rings (SSSR count). The Balaban J connectivity index is 1.53. The number of ether oxygens (including phenoxy) is 1. The van der Waals surface area contributed by atoms with Crippen LogP contribution in [0.4, 0.5) is 17.6 Å². The molecular formula is C30H30F4O. The van der Waals surface area contributed by atoms with Crippen molar-refractivity contribution in [2.24, 2.45) is 11.8 Å². The highest BCUT2D eigenvalue weighted by Gasteiger charge is 2.19. The zero-order chi connectivity index (χ0) is 24.9. The van der Waals surface area contributed by atoms with Crippen molar-refractivity contribution >= 4 is 6.08 Å². The van der Waals surface area contributed by atoms with Gasteiger partial charge in [-0.1, -0.05) is 61.9 Å². The van der Waals surface area contributed by atoms with Crippen molar-refractivity contribution in [1.29, 1.82) is 0 Å². The molecule has 35 heavy (non-hydrogen) atoms. The maximum absolute atomic E-state index is 14.9. The summed E-state index contributed by atoms with van der Waals surface area (Å²) in [7, 11) is 0. The maximum atomic E-state index is 14.9. The molecule has 0 heterocycles. The Bertz CT molecular complexity index is 1190. The Morgan fingerprint density at radius 2 is 1.29 bits per heavy atom. The van der Waals surface area contributed by atoms with Gasteiger partial charge in [0.1, 0.15) is 0 Å². The third kappa shape index (κ3) is 5.44. The molecule has 0 aromatic heterocycles. The van der Waals surface area contributed by atoms with Crippen LogP contribution < -0.4 is 4.74 Å². The van der Waals surface area contributed by atoms with Crippen molar-refractivity contribution in [2.75, 3.05) is 6.61 Å². The molecule has 3 aromatic carbocycles. The minimum atomic E-state index is -1.05. The molecule has 1 nitrogen and oxygen atoms in total. The third-order valence-corrected chi connectivity index (χ3v) is 6.98. The zero-order valence-corrected chi connectivity index (χ0v) is 20.1. The molecule has 1 aliphatic carbocycles. The normalized spacial score (nSPS) is 18.2. The Labute approximate surface area is 204 Å². The summed E-state index contributed by atoms with van der Waals surface area (Å²) in [6.45, 7) is 4.13. The van der Waals surface area contributed by atoms with Gasteiger partial charge in [-0.15, -0.1) is 0 Å². The molecule has 0 unspecified atom stereocenters. The molecule has 0 spiro atoms. The summed E-state index contributed by atoms with van der Waals surface area (Å²) in [5, 5.41) is 0. The standard InChI is InChI=1S/C30H30F4O/c1-3-19-5-7-20(8-6-19)9-10-23-15-16-24(28(32)27(23)31)21-11-13-22(14-12-21)25-17-18-26(35-4-2)30(34)29(25)33/h9-20H,3-8H2,1-2H3/b10-9+. The van der Waals surface area contributed by atoms with Crippen LogP contribution >= 0.6 is 0 Å². The van der Waals surface area contributed by atoms with Gasteiger partial charge in [0.05, 0.1) is 6.61 Å². The molecule has 1 saturated carbocycles. The molecule has 0 saturated heterocycles. The van der Waals surface area contributed by atoms with Crippen LogP contribution in [0.15, 0.2) is 54.6 Å². The van der Waals surface area contributed by atoms with Gasteiger partial charge in [0, 0.05) is 16.7 Å². The van der Waals surface area contributed by atoms with E-state index in [9.17, 15) is 17.6 Å². The van der Waals surface area contributed by atoms with E-state index < -0.39 is 23.3 Å². The second-order valence-corrected chi connectivity index (χ2v) is 9.13. The van der Waals surface area contributed by atoms with Crippen LogP contribution in [0, 0.1) is 35.1 Å². The van der Waals surface area contributed by atoms with E-state index in [0.29, 0.717) is 17.0 Å². The maximum Gasteiger partial charge on any atom is 0.201 e. The lowest BCUT2D eigenvalue weighted by Crippen LogP contribution is -2.12. The topological polar surface area (TPSA) is 9.23 Å². The lowest BCUT2D eigenvalue weighted by Gasteiger charge is -2.25. The number of rotatable bonds is 7. The van der Waals surface area contributed by atoms with Crippen molar-refractivity contribution < 1.29 is 22.3 Å². The predicted octanol–water partition coefficient (Wildman–Crippen LogP) is 9.21. The number of hydrogen-bond donors (Lipinski definition) is 0. The first-order valence-electron chi connectivity index (χ1n) is 12.3. The van der Waals surface area contributed by atoms with Crippen LogP contribution in [-0.2, 0) is 0 Å². The van der Waals surface area contributed by atoms with Crippen LogP contribution in [0.2, 0.25) is 0 Å². The van der Waals surface area contributed by atoms with Crippen LogP contribution in [0.25, 0.3) is 28.3 Å². The van der Waals surface area contributed by atoms with E-state index >= 15 is 0 Å². The molecular weight excluding hydrogens is 452 g/mol. The number of benzene rings is 3. The van der Waals surface area contributed by atoms with Crippen molar-refractivity contribution in [3.05, 3.63) is 83.4 Å². The average Bonchev–Trinajstić information content (AvgIpc) is 2.88. The minimum absolute atomic E-state index is 0.0672. The quantitative estimate of drug-likeness (QED) is 0.305. The van der Waals surface area contributed by atoms with E-state index in [-0.39, 0.29) is 29.0 Å². The first kappa shape index (κ1) is 25.0. The van der Waals surface area contributed by atoms with Gasteiger partial charge in [-0.25, -0.2) is 13.2 Å². The summed E-state index contributed by atoms with van der Waals surface area (Å²) in [6, 6.07) is 12.2.